The molecule has 0 aliphatic carbocycles. The van der Waals surface area contributed by atoms with E-state index in [1.807, 2.05) is 0 Å². The number of amides is 1. The number of nitrogens with zero attached hydrogens (tertiary/aromatic N) is 2. The van der Waals surface area contributed by atoms with E-state index in [-0.39, 0.29) is 35.7 Å². The summed E-state index contributed by atoms with van der Waals surface area (Å²) in [7, 11) is 0. The third kappa shape index (κ3) is 4.27. The van der Waals surface area contributed by atoms with Crippen LogP contribution in [0.4, 0.5) is 18.9 Å². The number of rotatable bonds is 5. The zero-order chi connectivity index (χ0) is 22.9. The molecule has 0 saturated carbocycles. The molecule has 0 bridgehead atoms. The van der Waals surface area contributed by atoms with Crippen LogP contribution in [0.25, 0.3) is 0 Å². The van der Waals surface area contributed by atoms with Gasteiger partial charge in [-0.1, -0.05) is 30.3 Å². The SMILES string of the molecule is O=C(O)c1ccc(CC2Oc3ncccc3N(Cc3ccccc3C(F)(F)F)C2=O)cc1. The fraction of sp³-hybridized carbons (Fsp3) is 0.174. The molecule has 1 atom stereocenters. The van der Waals surface area contributed by atoms with Crippen LogP contribution in [0.3, 0.4) is 0 Å². The third-order valence-corrected chi connectivity index (χ3v) is 5.11. The fourth-order valence-corrected chi connectivity index (χ4v) is 3.55. The highest BCUT2D eigenvalue weighted by molar-refractivity contribution is 5.99. The highest BCUT2D eigenvalue weighted by Crippen LogP contribution is 2.37. The van der Waals surface area contributed by atoms with Gasteiger partial charge in [0.15, 0.2) is 6.10 Å². The van der Waals surface area contributed by atoms with Gasteiger partial charge in [-0.2, -0.15) is 13.2 Å². The molecular formula is C23H17F3N2O4. The van der Waals surface area contributed by atoms with Gasteiger partial charge in [0.05, 0.1) is 17.7 Å². The molecule has 164 valence electrons. The topological polar surface area (TPSA) is 79.7 Å². The Morgan fingerprint density at radius 1 is 1.06 bits per heavy atom. The Balaban J connectivity index is 1.65. The molecule has 9 heteroatoms. The van der Waals surface area contributed by atoms with E-state index >= 15 is 0 Å². The van der Waals surface area contributed by atoms with Crippen molar-refractivity contribution in [1.29, 1.82) is 0 Å². The number of benzene rings is 2. The van der Waals surface area contributed by atoms with Crippen LogP contribution in [0, 0.1) is 0 Å². The number of aromatic nitrogens is 1. The summed E-state index contributed by atoms with van der Waals surface area (Å²) in [5.41, 5.74) is 0.164. The molecule has 1 N–H and O–H groups in total. The number of hydrogen-bond acceptors (Lipinski definition) is 4. The van der Waals surface area contributed by atoms with Crippen molar-refractivity contribution in [3.63, 3.8) is 0 Å². The number of anilines is 1. The maximum atomic E-state index is 13.5. The number of carbonyl (C=O) groups excluding carboxylic acids is 1. The van der Waals surface area contributed by atoms with E-state index in [9.17, 15) is 22.8 Å². The van der Waals surface area contributed by atoms with Gasteiger partial charge in [-0.15, -0.1) is 0 Å². The largest absolute Gasteiger partial charge is 0.478 e. The van der Waals surface area contributed by atoms with Gasteiger partial charge in [-0.05, 0) is 41.5 Å². The molecule has 2 heterocycles. The van der Waals surface area contributed by atoms with Gasteiger partial charge in [0, 0.05) is 12.6 Å². The van der Waals surface area contributed by atoms with Crippen molar-refractivity contribution >= 4 is 17.6 Å². The Morgan fingerprint density at radius 3 is 2.47 bits per heavy atom. The first-order valence-corrected chi connectivity index (χ1v) is 9.64. The second-order valence-electron chi connectivity index (χ2n) is 7.22. The molecule has 0 fully saturated rings. The van der Waals surface area contributed by atoms with E-state index in [2.05, 4.69) is 4.98 Å². The zero-order valence-electron chi connectivity index (χ0n) is 16.5. The normalized spacial score (nSPS) is 15.8. The molecular weight excluding hydrogens is 425 g/mol. The van der Waals surface area contributed by atoms with Crippen molar-refractivity contribution in [2.75, 3.05) is 4.90 Å². The number of carboxylic acids is 1. The van der Waals surface area contributed by atoms with Gasteiger partial charge >= 0.3 is 12.1 Å². The number of fused-ring (bicyclic) bond motifs is 1. The Hall–Kier alpha value is -3.88. The number of alkyl halides is 3. The smallest absolute Gasteiger partial charge is 0.416 e. The van der Waals surface area contributed by atoms with Gasteiger partial charge < -0.3 is 9.84 Å². The summed E-state index contributed by atoms with van der Waals surface area (Å²) in [6, 6.07) is 14.2. The molecule has 0 spiro atoms. The quantitative estimate of drug-likeness (QED) is 0.636. The van der Waals surface area contributed by atoms with Crippen LogP contribution in [0.15, 0.2) is 66.9 Å². The van der Waals surface area contributed by atoms with E-state index in [4.69, 9.17) is 9.84 Å². The second kappa shape index (κ2) is 8.33. The molecule has 32 heavy (non-hydrogen) atoms. The average molecular weight is 442 g/mol. The molecule has 0 saturated heterocycles. The van der Waals surface area contributed by atoms with E-state index in [0.717, 1.165) is 6.07 Å². The summed E-state index contributed by atoms with van der Waals surface area (Å²) in [6.07, 6.45) is -4.01. The summed E-state index contributed by atoms with van der Waals surface area (Å²) in [6.45, 7) is -0.301. The molecule has 3 aromatic rings. The first-order chi connectivity index (χ1) is 15.2. The summed E-state index contributed by atoms with van der Waals surface area (Å²) in [4.78, 5) is 29.6. The number of aromatic carboxylic acids is 1. The van der Waals surface area contributed by atoms with Gasteiger partial charge in [-0.25, -0.2) is 9.78 Å². The van der Waals surface area contributed by atoms with Crippen LogP contribution in [0.2, 0.25) is 0 Å². The molecule has 1 aliphatic heterocycles. The predicted molar refractivity (Wildman–Crippen MR) is 108 cm³/mol. The lowest BCUT2D eigenvalue weighted by Gasteiger charge is -2.34. The van der Waals surface area contributed by atoms with Gasteiger partial charge in [0.2, 0.25) is 5.88 Å². The number of halogens is 3. The molecule has 0 radical (unpaired) electrons. The molecule has 1 unspecified atom stereocenters. The third-order valence-electron chi connectivity index (χ3n) is 5.11. The van der Waals surface area contributed by atoms with E-state index in [1.54, 1.807) is 24.3 Å². The summed E-state index contributed by atoms with van der Waals surface area (Å²) in [5, 5.41) is 9.03. The maximum absolute atomic E-state index is 13.5. The standard InChI is InChI=1S/C23H17F3N2O4/c24-23(25,26)17-5-2-1-4-16(17)13-28-18-6-3-11-27-20(18)32-19(21(28)29)12-14-7-9-15(10-8-14)22(30)31/h1-11,19H,12-13H2,(H,30,31). The average Bonchev–Trinajstić information content (AvgIpc) is 2.76. The lowest BCUT2D eigenvalue weighted by Crippen LogP contribution is -2.47. The van der Waals surface area contributed by atoms with Gasteiger partial charge in [0.25, 0.3) is 5.91 Å². The summed E-state index contributed by atoms with van der Waals surface area (Å²) >= 11 is 0. The minimum atomic E-state index is -4.56. The lowest BCUT2D eigenvalue weighted by molar-refractivity contribution is -0.138. The number of hydrogen-bond donors (Lipinski definition) is 1. The number of pyridine rings is 1. The van der Waals surface area contributed by atoms with Crippen LogP contribution in [0.1, 0.15) is 27.0 Å². The predicted octanol–water partition coefficient (Wildman–Crippen LogP) is 4.34. The first kappa shape index (κ1) is 21.4. The van der Waals surface area contributed by atoms with E-state index in [1.165, 1.54) is 41.4 Å². The van der Waals surface area contributed by atoms with Crippen molar-refractivity contribution in [3.8, 4) is 5.88 Å². The lowest BCUT2D eigenvalue weighted by atomic mass is 10.0. The van der Waals surface area contributed by atoms with Crippen molar-refractivity contribution in [2.45, 2.75) is 25.2 Å². The Morgan fingerprint density at radius 2 is 1.78 bits per heavy atom. The van der Waals surface area contributed by atoms with Crippen molar-refractivity contribution < 1.29 is 32.6 Å². The molecule has 1 aromatic heterocycles. The maximum Gasteiger partial charge on any atom is 0.416 e. The summed E-state index contributed by atoms with van der Waals surface area (Å²) in [5.74, 6) is -1.44. The van der Waals surface area contributed by atoms with Crippen LogP contribution >= 0.6 is 0 Å². The van der Waals surface area contributed by atoms with Crippen molar-refractivity contribution in [3.05, 3.63) is 89.1 Å². The van der Waals surface area contributed by atoms with Crippen LogP contribution in [-0.4, -0.2) is 28.1 Å². The Kier molecular flexibility index (Phi) is 5.56. The Labute approximate surface area is 180 Å². The van der Waals surface area contributed by atoms with E-state index < -0.39 is 29.7 Å². The van der Waals surface area contributed by atoms with Crippen LogP contribution < -0.4 is 9.64 Å². The molecule has 6 nitrogen and oxygen atoms in total. The molecule has 4 rings (SSSR count). The monoisotopic (exact) mass is 442 g/mol. The Bertz CT molecular complexity index is 1160. The number of ether oxygens (including phenoxy) is 1. The first-order valence-electron chi connectivity index (χ1n) is 9.64. The second-order valence-corrected chi connectivity index (χ2v) is 7.22. The molecule has 2 aromatic carbocycles. The van der Waals surface area contributed by atoms with E-state index in [0.29, 0.717) is 5.56 Å². The number of carbonyl (C=O) groups is 2. The fourth-order valence-electron chi connectivity index (χ4n) is 3.55. The van der Waals surface area contributed by atoms with Gasteiger partial charge in [0.1, 0.15) is 5.69 Å². The minimum Gasteiger partial charge on any atom is -0.478 e. The van der Waals surface area contributed by atoms with Crippen molar-refractivity contribution in [2.24, 2.45) is 0 Å². The zero-order valence-corrected chi connectivity index (χ0v) is 16.5. The van der Waals surface area contributed by atoms with Crippen LogP contribution in [-0.2, 0) is 23.9 Å². The highest BCUT2D eigenvalue weighted by Gasteiger charge is 2.38. The minimum absolute atomic E-state index is 0.0467. The molecule has 1 amide bonds. The summed E-state index contributed by atoms with van der Waals surface area (Å²) < 4.78 is 46.2. The van der Waals surface area contributed by atoms with Crippen LogP contribution in [0.5, 0.6) is 5.88 Å². The number of carboxylic acid groups (broad SMARTS) is 1. The van der Waals surface area contributed by atoms with Crippen molar-refractivity contribution in [1.82, 2.24) is 4.98 Å². The molecule has 1 aliphatic rings. The highest BCUT2D eigenvalue weighted by atomic mass is 19.4. The van der Waals surface area contributed by atoms with Gasteiger partial charge in [-0.3, -0.25) is 9.69 Å².